The monoisotopic (exact) mass is 346 g/mol. The van der Waals surface area contributed by atoms with E-state index in [-0.39, 0.29) is 11.1 Å². The van der Waals surface area contributed by atoms with E-state index in [0.717, 1.165) is 19.5 Å². The first-order valence-electron chi connectivity index (χ1n) is 6.91. The van der Waals surface area contributed by atoms with Crippen LogP contribution in [0.5, 0.6) is 0 Å². The summed E-state index contributed by atoms with van der Waals surface area (Å²) in [4.78, 5) is 2.15. The van der Waals surface area contributed by atoms with Crippen LogP contribution in [0.4, 0.5) is 8.78 Å². The van der Waals surface area contributed by atoms with Crippen LogP contribution in [0.1, 0.15) is 32.8 Å². The number of hydrogen-bond acceptors (Lipinski definition) is 2. The molecule has 2 nitrogen and oxygen atoms in total. The first-order valence-corrected chi connectivity index (χ1v) is 7.71. The molecule has 0 spiro atoms. The quantitative estimate of drug-likeness (QED) is 0.821. The zero-order valence-electron chi connectivity index (χ0n) is 12.1. The van der Waals surface area contributed by atoms with Crippen molar-refractivity contribution < 1.29 is 8.78 Å². The Bertz CT molecular complexity index is 491. The minimum atomic E-state index is -0.493. The van der Waals surface area contributed by atoms with Crippen molar-refractivity contribution in [3.05, 3.63) is 33.8 Å². The highest BCUT2D eigenvalue weighted by atomic mass is 79.9. The van der Waals surface area contributed by atoms with Crippen molar-refractivity contribution in [1.29, 1.82) is 0 Å². The van der Waals surface area contributed by atoms with Gasteiger partial charge in [-0.1, -0.05) is 0 Å². The van der Waals surface area contributed by atoms with E-state index in [4.69, 9.17) is 0 Å². The van der Waals surface area contributed by atoms with Gasteiger partial charge in [-0.05, 0) is 61.8 Å². The molecule has 1 aliphatic rings. The Kier molecular flexibility index (Phi) is 4.82. The molecular formula is C15H21BrF2N2. The van der Waals surface area contributed by atoms with Gasteiger partial charge in [0.1, 0.15) is 11.6 Å². The molecule has 1 aromatic carbocycles. The Balaban J connectivity index is 2.25. The highest BCUT2D eigenvalue weighted by Gasteiger charge is 2.29. The number of nitrogens with zero attached hydrogens (tertiary/aromatic N) is 1. The average molecular weight is 347 g/mol. The summed E-state index contributed by atoms with van der Waals surface area (Å²) in [6, 6.07) is 3.02. The Labute approximate surface area is 127 Å². The van der Waals surface area contributed by atoms with Crippen LogP contribution in [0.15, 0.2) is 16.6 Å². The molecule has 1 unspecified atom stereocenters. The van der Waals surface area contributed by atoms with Gasteiger partial charge in [0, 0.05) is 30.2 Å². The van der Waals surface area contributed by atoms with Gasteiger partial charge in [-0.25, -0.2) is 8.78 Å². The molecule has 0 saturated carbocycles. The Morgan fingerprint density at radius 2 is 2.10 bits per heavy atom. The van der Waals surface area contributed by atoms with Crippen molar-refractivity contribution in [1.82, 2.24) is 10.2 Å². The lowest BCUT2D eigenvalue weighted by molar-refractivity contribution is 0.169. The molecule has 1 aromatic rings. The maximum absolute atomic E-state index is 14.1. The maximum atomic E-state index is 14.1. The molecule has 0 bridgehead atoms. The predicted octanol–water partition coefficient (Wildman–Crippen LogP) is 3.69. The van der Waals surface area contributed by atoms with E-state index in [9.17, 15) is 8.78 Å². The summed E-state index contributed by atoms with van der Waals surface area (Å²) in [6.07, 6.45) is 0.973. The van der Waals surface area contributed by atoms with Crippen LogP contribution in [0.2, 0.25) is 0 Å². The molecular weight excluding hydrogens is 326 g/mol. The minimum absolute atomic E-state index is 0.0519. The first-order chi connectivity index (χ1) is 9.30. The van der Waals surface area contributed by atoms with Gasteiger partial charge in [-0.3, -0.25) is 4.90 Å². The van der Waals surface area contributed by atoms with E-state index in [1.807, 2.05) is 0 Å². The van der Waals surface area contributed by atoms with Gasteiger partial charge in [0.25, 0.3) is 0 Å². The molecule has 1 aliphatic heterocycles. The van der Waals surface area contributed by atoms with Gasteiger partial charge >= 0.3 is 0 Å². The van der Waals surface area contributed by atoms with Gasteiger partial charge in [-0.15, -0.1) is 0 Å². The van der Waals surface area contributed by atoms with Gasteiger partial charge in [0.2, 0.25) is 0 Å². The summed E-state index contributed by atoms with van der Waals surface area (Å²) in [6.45, 7) is 8.32. The van der Waals surface area contributed by atoms with Crippen molar-refractivity contribution in [2.24, 2.45) is 0 Å². The third-order valence-corrected chi connectivity index (χ3v) is 4.50. The number of hydrogen-bond donors (Lipinski definition) is 1. The normalized spacial score (nSPS) is 23.6. The number of halogens is 3. The minimum Gasteiger partial charge on any atom is -0.310 e. The van der Waals surface area contributed by atoms with E-state index < -0.39 is 11.6 Å². The second-order valence-corrected chi connectivity index (χ2v) is 7.03. The van der Waals surface area contributed by atoms with E-state index in [1.54, 1.807) is 0 Å². The lowest BCUT2D eigenvalue weighted by Crippen LogP contribution is -2.47. The summed E-state index contributed by atoms with van der Waals surface area (Å²) < 4.78 is 28.3. The molecule has 1 saturated heterocycles. The molecule has 1 N–H and O–H groups in total. The maximum Gasteiger partial charge on any atom is 0.144 e. The highest BCUT2D eigenvalue weighted by Crippen LogP contribution is 2.25. The second kappa shape index (κ2) is 6.08. The lowest BCUT2D eigenvalue weighted by atomic mass is 10.0. The lowest BCUT2D eigenvalue weighted by Gasteiger charge is -2.33. The SMILES string of the molecule is CC1CCNC(C)(C)CN1Cc1c(F)ccc(Br)c1F. The molecule has 20 heavy (non-hydrogen) atoms. The summed E-state index contributed by atoms with van der Waals surface area (Å²) in [7, 11) is 0. The molecule has 2 rings (SSSR count). The molecule has 0 aromatic heterocycles. The number of benzene rings is 1. The predicted molar refractivity (Wildman–Crippen MR) is 80.6 cm³/mol. The molecule has 112 valence electrons. The summed E-state index contributed by atoms with van der Waals surface area (Å²) >= 11 is 3.13. The van der Waals surface area contributed by atoms with Gasteiger partial charge in [-0.2, -0.15) is 0 Å². The standard InChI is InChI=1S/C15H21BrF2N2/c1-10-6-7-19-15(2,3)9-20(10)8-11-13(17)5-4-12(16)14(11)18/h4-5,10,19H,6-9H2,1-3H3. The summed E-state index contributed by atoms with van der Waals surface area (Å²) in [5, 5.41) is 3.47. The van der Waals surface area contributed by atoms with Crippen LogP contribution < -0.4 is 5.32 Å². The van der Waals surface area contributed by atoms with Crippen molar-refractivity contribution >= 4 is 15.9 Å². The summed E-state index contributed by atoms with van der Waals surface area (Å²) in [5.41, 5.74) is 0.0907. The molecule has 1 fully saturated rings. The molecule has 5 heteroatoms. The Hall–Kier alpha value is -0.520. The van der Waals surface area contributed by atoms with Crippen molar-refractivity contribution in [2.45, 2.75) is 45.3 Å². The van der Waals surface area contributed by atoms with Crippen molar-refractivity contribution in [3.63, 3.8) is 0 Å². The smallest absolute Gasteiger partial charge is 0.144 e. The largest absolute Gasteiger partial charge is 0.310 e. The van der Waals surface area contributed by atoms with Crippen molar-refractivity contribution in [3.8, 4) is 0 Å². The van der Waals surface area contributed by atoms with E-state index in [2.05, 4.69) is 46.9 Å². The zero-order valence-corrected chi connectivity index (χ0v) is 13.7. The molecule has 1 atom stereocenters. The van der Waals surface area contributed by atoms with Crippen LogP contribution in [0.25, 0.3) is 0 Å². The van der Waals surface area contributed by atoms with E-state index >= 15 is 0 Å². The number of nitrogens with one attached hydrogen (secondary N) is 1. The fourth-order valence-corrected chi connectivity index (χ4v) is 3.02. The Morgan fingerprint density at radius 1 is 1.40 bits per heavy atom. The fraction of sp³-hybridized carbons (Fsp3) is 0.600. The topological polar surface area (TPSA) is 15.3 Å². The van der Waals surface area contributed by atoms with Crippen molar-refractivity contribution in [2.75, 3.05) is 13.1 Å². The highest BCUT2D eigenvalue weighted by molar-refractivity contribution is 9.10. The zero-order chi connectivity index (χ0) is 14.9. The second-order valence-electron chi connectivity index (χ2n) is 6.18. The van der Waals surface area contributed by atoms with Crippen LogP contribution in [-0.2, 0) is 6.54 Å². The van der Waals surface area contributed by atoms with Gasteiger partial charge < -0.3 is 5.32 Å². The molecule has 0 amide bonds. The Morgan fingerprint density at radius 3 is 2.80 bits per heavy atom. The molecule has 0 aliphatic carbocycles. The third-order valence-electron chi connectivity index (χ3n) is 3.89. The van der Waals surface area contributed by atoms with Crippen LogP contribution in [-0.4, -0.2) is 29.6 Å². The fourth-order valence-electron chi connectivity index (χ4n) is 2.65. The molecule has 0 radical (unpaired) electrons. The van der Waals surface area contributed by atoms with Crippen LogP contribution >= 0.6 is 15.9 Å². The van der Waals surface area contributed by atoms with Gasteiger partial charge in [0.05, 0.1) is 4.47 Å². The van der Waals surface area contributed by atoms with Crippen LogP contribution in [0, 0.1) is 11.6 Å². The van der Waals surface area contributed by atoms with Gasteiger partial charge in [0.15, 0.2) is 0 Å². The van der Waals surface area contributed by atoms with E-state index in [0.29, 0.717) is 17.1 Å². The molecule has 1 heterocycles. The average Bonchev–Trinajstić information content (AvgIpc) is 2.49. The summed E-state index contributed by atoms with van der Waals surface area (Å²) in [5.74, 6) is -0.972. The number of rotatable bonds is 2. The van der Waals surface area contributed by atoms with Crippen LogP contribution in [0.3, 0.4) is 0 Å². The van der Waals surface area contributed by atoms with E-state index in [1.165, 1.54) is 12.1 Å². The first kappa shape index (κ1) is 15.9. The third kappa shape index (κ3) is 3.57.